The molecule has 1 atom stereocenters. The van der Waals surface area contributed by atoms with Crippen LogP contribution in [-0.4, -0.2) is 43.6 Å². The summed E-state index contributed by atoms with van der Waals surface area (Å²) >= 11 is 0. The molecule has 0 radical (unpaired) electrons. The Kier molecular flexibility index (Phi) is 6.10. The molecule has 0 aliphatic carbocycles. The zero-order chi connectivity index (χ0) is 16.0. The molecule has 7 heteroatoms. The molecule has 21 heavy (non-hydrogen) atoms. The van der Waals surface area contributed by atoms with Gasteiger partial charge in [-0.1, -0.05) is 6.92 Å². The molecule has 0 fully saturated rings. The van der Waals surface area contributed by atoms with E-state index in [4.69, 9.17) is 19.9 Å². The molecule has 118 valence electrons. The van der Waals surface area contributed by atoms with Crippen molar-refractivity contribution in [3.8, 4) is 17.2 Å². The highest BCUT2D eigenvalue weighted by molar-refractivity contribution is 5.66. The van der Waals surface area contributed by atoms with E-state index in [1.165, 1.54) is 21.3 Å². The van der Waals surface area contributed by atoms with Crippen molar-refractivity contribution in [2.24, 2.45) is 5.73 Å². The molecule has 0 spiro atoms. The van der Waals surface area contributed by atoms with Crippen LogP contribution in [-0.2, 0) is 6.54 Å². The fourth-order valence-electron chi connectivity index (χ4n) is 2.02. The van der Waals surface area contributed by atoms with Gasteiger partial charge in [-0.2, -0.15) is 0 Å². The number of hydrogen-bond donors (Lipinski definition) is 2. The molecule has 0 aliphatic rings. The van der Waals surface area contributed by atoms with Crippen molar-refractivity contribution in [2.75, 3.05) is 21.3 Å². The van der Waals surface area contributed by atoms with Gasteiger partial charge >= 0.3 is 6.09 Å². The van der Waals surface area contributed by atoms with Gasteiger partial charge in [0.1, 0.15) is 0 Å². The molecule has 1 aromatic rings. The summed E-state index contributed by atoms with van der Waals surface area (Å²) in [6, 6.07) is 3.44. The Hall–Kier alpha value is -2.15. The molecule has 1 rings (SSSR count). The van der Waals surface area contributed by atoms with Gasteiger partial charge in [0.15, 0.2) is 11.5 Å². The number of hydrogen-bond acceptors (Lipinski definition) is 5. The number of benzene rings is 1. The molecule has 0 saturated carbocycles. The van der Waals surface area contributed by atoms with Crippen molar-refractivity contribution >= 4 is 6.09 Å². The number of nitrogens with two attached hydrogens (primary N) is 1. The Morgan fingerprint density at radius 3 is 2.29 bits per heavy atom. The number of amides is 1. The molecule has 0 saturated heterocycles. The lowest BCUT2D eigenvalue weighted by molar-refractivity contribution is 0.119. The van der Waals surface area contributed by atoms with Crippen LogP contribution in [0.2, 0.25) is 0 Å². The van der Waals surface area contributed by atoms with E-state index in [9.17, 15) is 9.90 Å². The summed E-state index contributed by atoms with van der Waals surface area (Å²) in [4.78, 5) is 12.5. The molecule has 0 aromatic heterocycles. The molecular formula is C14H22N2O5. The van der Waals surface area contributed by atoms with E-state index in [1.807, 2.05) is 6.92 Å². The third kappa shape index (κ3) is 3.69. The first-order valence-corrected chi connectivity index (χ1v) is 6.53. The van der Waals surface area contributed by atoms with Crippen molar-refractivity contribution in [1.29, 1.82) is 0 Å². The summed E-state index contributed by atoms with van der Waals surface area (Å²) < 4.78 is 15.8. The standard InChI is InChI=1S/C14H22N2O5/c1-5-11(15)16(14(17)18)8-9-6-7-10(19-2)13(21-4)12(9)20-3/h6-7,11H,5,8,15H2,1-4H3,(H,17,18). The van der Waals surface area contributed by atoms with E-state index in [2.05, 4.69) is 0 Å². The van der Waals surface area contributed by atoms with Crippen molar-refractivity contribution in [3.05, 3.63) is 17.7 Å². The van der Waals surface area contributed by atoms with Crippen LogP contribution in [0, 0.1) is 0 Å². The van der Waals surface area contributed by atoms with E-state index < -0.39 is 12.3 Å². The third-order valence-corrected chi connectivity index (χ3v) is 3.19. The van der Waals surface area contributed by atoms with Crippen LogP contribution >= 0.6 is 0 Å². The Bertz CT molecular complexity index is 492. The van der Waals surface area contributed by atoms with Crippen LogP contribution < -0.4 is 19.9 Å². The zero-order valence-electron chi connectivity index (χ0n) is 12.8. The first-order chi connectivity index (χ1) is 9.99. The second-order valence-corrected chi connectivity index (χ2v) is 4.38. The molecule has 1 aromatic carbocycles. The smallest absolute Gasteiger partial charge is 0.408 e. The fraction of sp³-hybridized carbons (Fsp3) is 0.500. The molecule has 3 N–H and O–H groups in total. The SMILES string of the molecule is CCC(N)N(Cc1ccc(OC)c(OC)c1OC)C(=O)O. The zero-order valence-corrected chi connectivity index (χ0v) is 12.8. The maximum atomic E-state index is 11.3. The number of ether oxygens (including phenoxy) is 3. The number of methoxy groups -OCH3 is 3. The molecule has 1 unspecified atom stereocenters. The first kappa shape index (κ1) is 16.9. The number of carbonyl (C=O) groups is 1. The maximum absolute atomic E-state index is 11.3. The summed E-state index contributed by atoms with van der Waals surface area (Å²) in [6.45, 7) is 1.93. The van der Waals surface area contributed by atoms with Crippen molar-refractivity contribution < 1.29 is 24.1 Å². The number of carboxylic acid groups (broad SMARTS) is 1. The van der Waals surface area contributed by atoms with Crippen LogP contribution in [0.25, 0.3) is 0 Å². The average molecular weight is 298 g/mol. The Morgan fingerprint density at radius 1 is 1.24 bits per heavy atom. The summed E-state index contributed by atoms with van der Waals surface area (Å²) in [5, 5.41) is 9.28. The lowest BCUT2D eigenvalue weighted by atomic mass is 10.1. The Labute approximate surface area is 124 Å². The quantitative estimate of drug-likeness (QED) is 0.746. The lowest BCUT2D eigenvalue weighted by Crippen LogP contribution is -2.44. The second kappa shape index (κ2) is 7.58. The minimum Gasteiger partial charge on any atom is -0.493 e. The maximum Gasteiger partial charge on any atom is 0.408 e. The Balaban J connectivity index is 3.20. The second-order valence-electron chi connectivity index (χ2n) is 4.38. The van der Waals surface area contributed by atoms with Crippen molar-refractivity contribution in [1.82, 2.24) is 4.90 Å². The first-order valence-electron chi connectivity index (χ1n) is 6.53. The normalized spacial score (nSPS) is 11.7. The van der Waals surface area contributed by atoms with Gasteiger partial charge in [-0.25, -0.2) is 4.79 Å². The molecule has 0 aliphatic heterocycles. The van der Waals surface area contributed by atoms with Gasteiger partial charge in [0.2, 0.25) is 5.75 Å². The minimum absolute atomic E-state index is 0.105. The summed E-state index contributed by atoms with van der Waals surface area (Å²) in [7, 11) is 4.51. The fourth-order valence-corrected chi connectivity index (χ4v) is 2.02. The predicted molar refractivity (Wildman–Crippen MR) is 77.9 cm³/mol. The van der Waals surface area contributed by atoms with Gasteiger partial charge in [0.25, 0.3) is 0 Å². The van der Waals surface area contributed by atoms with Crippen molar-refractivity contribution in [2.45, 2.75) is 26.1 Å². The Morgan fingerprint density at radius 2 is 1.86 bits per heavy atom. The summed E-state index contributed by atoms with van der Waals surface area (Å²) in [5.74, 6) is 1.37. The lowest BCUT2D eigenvalue weighted by Gasteiger charge is -2.26. The van der Waals surface area contributed by atoms with Gasteiger partial charge in [-0.15, -0.1) is 0 Å². The van der Waals surface area contributed by atoms with Gasteiger partial charge in [0, 0.05) is 5.56 Å². The van der Waals surface area contributed by atoms with Crippen LogP contribution in [0.5, 0.6) is 17.2 Å². The molecule has 0 bridgehead atoms. The van der Waals surface area contributed by atoms with Crippen LogP contribution in [0.1, 0.15) is 18.9 Å². The van der Waals surface area contributed by atoms with Gasteiger partial charge in [-0.05, 0) is 18.6 Å². The van der Waals surface area contributed by atoms with E-state index in [0.717, 1.165) is 4.90 Å². The largest absolute Gasteiger partial charge is 0.493 e. The van der Waals surface area contributed by atoms with Gasteiger partial charge in [0.05, 0.1) is 34.0 Å². The number of nitrogens with zero attached hydrogens (tertiary/aromatic N) is 1. The molecule has 1 amide bonds. The van der Waals surface area contributed by atoms with E-state index in [1.54, 1.807) is 12.1 Å². The van der Waals surface area contributed by atoms with Crippen LogP contribution in [0.4, 0.5) is 4.79 Å². The predicted octanol–water partition coefficient (Wildman–Crippen LogP) is 1.89. The topological polar surface area (TPSA) is 94.3 Å². The highest BCUT2D eigenvalue weighted by Gasteiger charge is 2.23. The third-order valence-electron chi connectivity index (χ3n) is 3.19. The molecule has 0 heterocycles. The monoisotopic (exact) mass is 298 g/mol. The number of rotatable bonds is 7. The van der Waals surface area contributed by atoms with Crippen molar-refractivity contribution in [3.63, 3.8) is 0 Å². The van der Waals surface area contributed by atoms with Gasteiger partial charge < -0.3 is 25.1 Å². The van der Waals surface area contributed by atoms with Crippen LogP contribution in [0.3, 0.4) is 0 Å². The highest BCUT2D eigenvalue weighted by atomic mass is 16.5. The minimum atomic E-state index is -1.08. The summed E-state index contributed by atoms with van der Waals surface area (Å²) in [6.07, 6.45) is -1.15. The van der Waals surface area contributed by atoms with Crippen LogP contribution in [0.15, 0.2) is 12.1 Å². The van der Waals surface area contributed by atoms with E-state index in [0.29, 0.717) is 29.2 Å². The molecular weight excluding hydrogens is 276 g/mol. The van der Waals surface area contributed by atoms with E-state index in [-0.39, 0.29) is 6.54 Å². The van der Waals surface area contributed by atoms with E-state index >= 15 is 0 Å². The molecule has 7 nitrogen and oxygen atoms in total. The van der Waals surface area contributed by atoms with Gasteiger partial charge in [-0.3, -0.25) is 4.90 Å². The summed E-state index contributed by atoms with van der Waals surface area (Å²) in [5.41, 5.74) is 6.49. The highest BCUT2D eigenvalue weighted by Crippen LogP contribution is 2.40. The average Bonchev–Trinajstić information content (AvgIpc) is 2.50.